The predicted octanol–water partition coefficient (Wildman–Crippen LogP) is 1.71. The van der Waals surface area contributed by atoms with E-state index in [0.717, 1.165) is 17.1 Å². The Labute approximate surface area is 72.1 Å². The molecule has 1 heterocycles. The van der Waals surface area contributed by atoms with Crippen molar-refractivity contribution >= 4 is 6.08 Å². The minimum atomic E-state index is 0.794. The van der Waals surface area contributed by atoms with Gasteiger partial charge in [-0.05, 0) is 19.9 Å². The van der Waals surface area contributed by atoms with Crippen LogP contribution < -0.4 is 0 Å². The minimum Gasteiger partial charge on any atom is -0.504 e. The van der Waals surface area contributed by atoms with Gasteiger partial charge in [0, 0.05) is 17.5 Å². The third-order valence-electron chi connectivity index (χ3n) is 1.52. The van der Waals surface area contributed by atoms with E-state index in [-0.39, 0.29) is 0 Å². The molecule has 0 saturated heterocycles. The predicted molar refractivity (Wildman–Crippen MR) is 47.5 cm³/mol. The molecular formula is C9H12N2O. The maximum Gasteiger partial charge on any atom is 0.125 e. The fourth-order valence-electron chi connectivity index (χ4n) is 0.897. The van der Waals surface area contributed by atoms with Crippen LogP contribution in [0.2, 0.25) is 0 Å². The molecular weight excluding hydrogens is 152 g/mol. The van der Waals surface area contributed by atoms with Crippen molar-refractivity contribution in [2.24, 2.45) is 0 Å². The lowest BCUT2D eigenvalue weighted by Crippen LogP contribution is -1.92. The zero-order valence-corrected chi connectivity index (χ0v) is 7.53. The molecule has 0 bridgehead atoms. The standard InChI is InChI=1S/C9H12N2O/c1-7-9(4-5-12-3)6-10-8(2)11-7/h4-6H,1-3H3/b5-4-. The van der Waals surface area contributed by atoms with Gasteiger partial charge in [-0.1, -0.05) is 0 Å². The molecule has 1 aromatic heterocycles. The normalized spacial score (nSPS) is 10.6. The van der Waals surface area contributed by atoms with Crippen molar-refractivity contribution in [2.45, 2.75) is 13.8 Å². The third-order valence-corrected chi connectivity index (χ3v) is 1.52. The lowest BCUT2D eigenvalue weighted by Gasteiger charge is -1.98. The van der Waals surface area contributed by atoms with Crippen molar-refractivity contribution in [1.29, 1.82) is 0 Å². The SMILES string of the molecule is CO/C=C\c1cnc(C)nc1C. The Morgan fingerprint density at radius 1 is 1.42 bits per heavy atom. The Morgan fingerprint density at radius 3 is 2.75 bits per heavy atom. The van der Waals surface area contributed by atoms with E-state index >= 15 is 0 Å². The second-order valence-corrected chi connectivity index (χ2v) is 2.50. The maximum atomic E-state index is 4.79. The lowest BCUT2D eigenvalue weighted by atomic mass is 10.2. The number of hydrogen-bond donors (Lipinski definition) is 0. The lowest BCUT2D eigenvalue weighted by molar-refractivity contribution is 0.341. The van der Waals surface area contributed by atoms with Crippen LogP contribution in [0, 0.1) is 13.8 Å². The zero-order chi connectivity index (χ0) is 8.97. The van der Waals surface area contributed by atoms with Gasteiger partial charge in [0.25, 0.3) is 0 Å². The maximum absolute atomic E-state index is 4.79. The van der Waals surface area contributed by atoms with Crippen LogP contribution in [0.1, 0.15) is 17.1 Å². The summed E-state index contributed by atoms with van der Waals surface area (Å²) in [7, 11) is 1.61. The number of hydrogen-bond acceptors (Lipinski definition) is 3. The fraction of sp³-hybridized carbons (Fsp3) is 0.333. The van der Waals surface area contributed by atoms with E-state index in [1.54, 1.807) is 19.6 Å². The van der Waals surface area contributed by atoms with Gasteiger partial charge in [0.2, 0.25) is 0 Å². The molecule has 0 spiro atoms. The molecule has 0 radical (unpaired) electrons. The summed E-state index contributed by atoms with van der Waals surface area (Å²) in [6, 6.07) is 0. The molecule has 0 N–H and O–H groups in total. The summed E-state index contributed by atoms with van der Waals surface area (Å²) in [5.41, 5.74) is 1.96. The first kappa shape index (κ1) is 8.71. The highest BCUT2D eigenvalue weighted by molar-refractivity contribution is 5.49. The third kappa shape index (κ3) is 2.05. The van der Waals surface area contributed by atoms with Crippen LogP contribution in [0.4, 0.5) is 0 Å². The average molecular weight is 164 g/mol. The van der Waals surface area contributed by atoms with Gasteiger partial charge in [-0.2, -0.15) is 0 Å². The van der Waals surface area contributed by atoms with E-state index in [2.05, 4.69) is 9.97 Å². The smallest absolute Gasteiger partial charge is 0.125 e. The molecule has 0 aliphatic carbocycles. The summed E-state index contributed by atoms with van der Waals surface area (Å²) in [5, 5.41) is 0. The molecule has 0 fully saturated rings. The monoisotopic (exact) mass is 164 g/mol. The molecule has 0 atom stereocenters. The Kier molecular flexibility index (Phi) is 2.80. The van der Waals surface area contributed by atoms with Gasteiger partial charge in [-0.3, -0.25) is 0 Å². The number of rotatable bonds is 2. The van der Waals surface area contributed by atoms with Gasteiger partial charge >= 0.3 is 0 Å². The molecule has 0 aromatic carbocycles. The summed E-state index contributed by atoms with van der Waals surface area (Å²) in [4.78, 5) is 8.28. The molecule has 1 aromatic rings. The Hall–Kier alpha value is -1.38. The summed E-state index contributed by atoms with van der Waals surface area (Å²) < 4.78 is 4.79. The van der Waals surface area contributed by atoms with Crippen LogP contribution in [-0.4, -0.2) is 17.1 Å². The Morgan fingerprint density at radius 2 is 2.17 bits per heavy atom. The van der Waals surface area contributed by atoms with Gasteiger partial charge in [0.15, 0.2) is 0 Å². The molecule has 0 unspecified atom stereocenters. The number of methoxy groups -OCH3 is 1. The first-order valence-electron chi connectivity index (χ1n) is 3.73. The van der Waals surface area contributed by atoms with E-state index in [9.17, 15) is 0 Å². The number of nitrogens with zero attached hydrogens (tertiary/aromatic N) is 2. The molecule has 64 valence electrons. The van der Waals surface area contributed by atoms with Crippen molar-refractivity contribution in [3.05, 3.63) is 29.5 Å². The fourth-order valence-corrected chi connectivity index (χ4v) is 0.897. The highest BCUT2D eigenvalue weighted by atomic mass is 16.5. The van der Waals surface area contributed by atoms with Gasteiger partial charge in [-0.15, -0.1) is 0 Å². The first-order chi connectivity index (χ1) is 5.74. The average Bonchev–Trinajstić information content (AvgIpc) is 2.03. The van der Waals surface area contributed by atoms with Crippen LogP contribution in [0.15, 0.2) is 12.5 Å². The Balaban J connectivity index is 2.94. The van der Waals surface area contributed by atoms with Gasteiger partial charge in [0.05, 0.1) is 13.4 Å². The molecule has 3 heteroatoms. The van der Waals surface area contributed by atoms with Crippen LogP contribution in [0.25, 0.3) is 6.08 Å². The van der Waals surface area contributed by atoms with E-state index in [1.165, 1.54) is 0 Å². The number of aromatic nitrogens is 2. The minimum absolute atomic E-state index is 0.794. The zero-order valence-electron chi connectivity index (χ0n) is 7.53. The van der Waals surface area contributed by atoms with Crippen molar-refractivity contribution in [3.63, 3.8) is 0 Å². The molecule has 0 aliphatic rings. The molecule has 0 amide bonds. The van der Waals surface area contributed by atoms with Crippen molar-refractivity contribution in [2.75, 3.05) is 7.11 Å². The first-order valence-corrected chi connectivity index (χ1v) is 3.73. The van der Waals surface area contributed by atoms with Gasteiger partial charge < -0.3 is 4.74 Å². The number of ether oxygens (including phenoxy) is 1. The molecule has 12 heavy (non-hydrogen) atoms. The van der Waals surface area contributed by atoms with Crippen LogP contribution in [0.5, 0.6) is 0 Å². The van der Waals surface area contributed by atoms with E-state index in [0.29, 0.717) is 0 Å². The summed E-state index contributed by atoms with van der Waals surface area (Å²) in [5.74, 6) is 0.794. The molecule has 3 nitrogen and oxygen atoms in total. The second-order valence-electron chi connectivity index (χ2n) is 2.50. The Bertz CT molecular complexity index is 295. The highest BCUT2D eigenvalue weighted by Crippen LogP contribution is 2.05. The summed E-state index contributed by atoms with van der Waals surface area (Å²) in [6.45, 7) is 3.82. The van der Waals surface area contributed by atoms with Crippen LogP contribution >= 0.6 is 0 Å². The van der Waals surface area contributed by atoms with Gasteiger partial charge in [0.1, 0.15) is 5.82 Å². The quantitative estimate of drug-likeness (QED) is 0.624. The summed E-state index contributed by atoms with van der Waals surface area (Å²) >= 11 is 0. The van der Waals surface area contributed by atoms with Crippen LogP contribution in [0.3, 0.4) is 0 Å². The van der Waals surface area contributed by atoms with Crippen molar-refractivity contribution < 1.29 is 4.74 Å². The second kappa shape index (κ2) is 3.85. The van der Waals surface area contributed by atoms with E-state index in [4.69, 9.17) is 4.74 Å². The van der Waals surface area contributed by atoms with E-state index < -0.39 is 0 Å². The van der Waals surface area contributed by atoms with E-state index in [1.807, 2.05) is 19.9 Å². The molecule has 0 saturated carbocycles. The molecule has 1 rings (SSSR count). The molecule has 0 aliphatic heterocycles. The van der Waals surface area contributed by atoms with Crippen molar-refractivity contribution in [3.8, 4) is 0 Å². The van der Waals surface area contributed by atoms with Crippen molar-refractivity contribution in [1.82, 2.24) is 9.97 Å². The number of aryl methyl sites for hydroxylation is 2. The largest absolute Gasteiger partial charge is 0.504 e. The summed E-state index contributed by atoms with van der Waals surface area (Å²) in [6.07, 6.45) is 5.24. The highest BCUT2D eigenvalue weighted by Gasteiger charge is 1.95. The topological polar surface area (TPSA) is 35.0 Å². The van der Waals surface area contributed by atoms with Crippen LogP contribution in [-0.2, 0) is 4.74 Å². The van der Waals surface area contributed by atoms with Gasteiger partial charge in [-0.25, -0.2) is 9.97 Å².